The number of H-pyrrole nitrogens is 1. The fourth-order valence-corrected chi connectivity index (χ4v) is 3.62. The fraction of sp³-hybridized carbons (Fsp3) is 0.227. The maximum atomic E-state index is 14.3. The molecule has 0 aliphatic carbocycles. The predicted molar refractivity (Wildman–Crippen MR) is 121 cm³/mol. The van der Waals surface area contributed by atoms with E-state index >= 15 is 0 Å². The van der Waals surface area contributed by atoms with Crippen LogP contribution in [0.4, 0.5) is 33.2 Å². The number of fused-ring (bicyclic) bond motifs is 1. The Morgan fingerprint density at radius 1 is 0.935 bits per heavy atom. The van der Waals surface area contributed by atoms with Crippen LogP contribution in [-0.2, 0) is 0 Å². The van der Waals surface area contributed by atoms with Crippen molar-refractivity contribution in [3.8, 4) is 0 Å². The van der Waals surface area contributed by atoms with Crippen molar-refractivity contribution in [1.29, 1.82) is 0 Å². The summed E-state index contributed by atoms with van der Waals surface area (Å²) in [5, 5.41) is 14.0. The number of piperazine rings is 1. The molecule has 8 nitrogen and oxygen atoms in total. The largest absolute Gasteiger partial charge is 0.369 e. The van der Waals surface area contributed by atoms with Crippen LogP contribution < -0.4 is 15.5 Å². The summed E-state index contributed by atoms with van der Waals surface area (Å²) in [6.07, 6.45) is 2.90. The van der Waals surface area contributed by atoms with Gasteiger partial charge in [0, 0.05) is 48.6 Å². The molecular formula is C22H23FN8. The number of rotatable bonds is 5. The Bertz CT molecular complexity index is 1180. The van der Waals surface area contributed by atoms with Gasteiger partial charge in [-0.25, -0.2) is 9.37 Å². The molecule has 1 aliphatic heterocycles. The van der Waals surface area contributed by atoms with E-state index in [0.717, 1.165) is 49.0 Å². The second kappa shape index (κ2) is 8.19. The lowest BCUT2D eigenvalue weighted by molar-refractivity contribution is 0.313. The molecule has 0 unspecified atom stereocenters. The van der Waals surface area contributed by atoms with E-state index in [2.05, 4.69) is 59.8 Å². The van der Waals surface area contributed by atoms with E-state index in [-0.39, 0.29) is 5.82 Å². The van der Waals surface area contributed by atoms with Crippen LogP contribution in [0.25, 0.3) is 10.9 Å². The van der Waals surface area contributed by atoms with Gasteiger partial charge >= 0.3 is 0 Å². The van der Waals surface area contributed by atoms with Gasteiger partial charge in [-0.3, -0.25) is 5.10 Å². The first-order valence-electron chi connectivity index (χ1n) is 10.2. The van der Waals surface area contributed by atoms with Gasteiger partial charge in [0.2, 0.25) is 5.95 Å². The minimum atomic E-state index is -0.527. The number of hydrogen-bond donors (Lipinski definition) is 3. The standard InChI is InChI=1S/C22H23FN8/c1-30-8-10-31(11-9-30)18-6-4-16(5-7-18)27-22-24-14-19(23)21(28-22)26-17-3-2-15-13-25-29-20(15)12-17/h2-7,12-14H,8-11H2,1H3,(H,25,29)(H2,24,26,27,28). The maximum Gasteiger partial charge on any atom is 0.229 e. The minimum Gasteiger partial charge on any atom is -0.369 e. The summed E-state index contributed by atoms with van der Waals surface area (Å²) in [5.41, 5.74) is 3.60. The van der Waals surface area contributed by atoms with E-state index in [9.17, 15) is 4.39 Å². The van der Waals surface area contributed by atoms with Crippen molar-refractivity contribution in [2.75, 3.05) is 48.8 Å². The number of aromatic amines is 1. The van der Waals surface area contributed by atoms with E-state index < -0.39 is 5.82 Å². The Morgan fingerprint density at radius 2 is 1.71 bits per heavy atom. The second-order valence-electron chi connectivity index (χ2n) is 7.65. The summed E-state index contributed by atoms with van der Waals surface area (Å²) in [6.45, 7) is 4.16. The summed E-state index contributed by atoms with van der Waals surface area (Å²) < 4.78 is 14.3. The molecule has 2 aromatic carbocycles. The monoisotopic (exact) mass is 418 g/mol. The highest BCUT2D eigenvalue weighted by Gasteiger charge is 2.14. The van der Waals surface area contributed by atoms with Crippen LogP contribution >= 0.6 is 0 Å². The van der Waals surface area contributed by atoms with Crippen LogP contribution in [-0.4, -0.2) is 58.3 Å². The topological polar surface area (TPSA) is 85.0 Å². The fourth-order valence-electron chi connectivity index (χ4n) is 3.62. The number of likely N-dealkylation sites (N-methyl/N-ethyl adjacent to an activating group) is 1. The normalized spacial score (nSPS) is 14.7. The summed E-state index contributed by atoms with van der Waals surface area (Å²) in [6, 6.07) is 13.7. The van der Waals surface area contributed by atoms with Gasteiger partial charge in [-0.15, -0.1) is 0 Å². The molecule has 3 N–H and O–H groups in total. The molecule has 31 heavy (non-hydrogen) atoms. The maximum absolute atomic E-state index is 14.3. The molecule has 0 amide bonds. The van der Waals surface area contributed by atoms with Crippen molar-refractivity contribution in [2.45, 2.75) is 0 Å². The first kappa shape index (κ1) is 19.3. The third kappa shape index (κ3) is 4.26. The molecule has 5 rings (SSSR count). The van der Waals surface area contributed by atoms with Gasteiger partial charge in [-0.1, -0.05) is 0 Å². The first-order chi connectivity index (χ1) is 15.1. The Balaban J connectivity index is 1.29. The summed E-state index contributed by atoms with van der Waals surface area (Å²) >= 11 is 0. The molecule has 0 atom stereocenters. The van der Waals surface area contributed by atoms with Crippen molar-refractivity contribution >= 4 is 39.7 Å². The lowest BCUT2D eigenvalue weighted by Crippen LogP contribution is -2.44. The molecule has 4 aromatic rings. The zero-order chi connectivity index (χ0) is 21.2. The highest BCUT2D eigenvalue weighted by molar-refractivity contribution is 5.82. The van der Waals surface area contributed by atoms with Gasteiger partial charge in [-0.2, -0.15) is 10.1 Å². The molecule has 158 valence electrons. The molecule has 1 aliphatic rings. The molecule has 1 fully saturated rings. The Morgan fingerprint density at radius 3 is 2.52 bits per heavy atom. The van der Waals surface area contributed by atoms with E-state index in [0.29, 0.717) is 11.6 Å². The average molecular weight is 418 g/mol. The van der Waals surface area contributed by atoms with E-state index in [1.54, 1.807) is 6.20 Å². The molecule has 1 saturated heterocycles. The third-order valence-electron chi connectivity index (χ3n) is 5.44. The highest BCUT2D eigenvalue weighted by Crippen LogP contribution is 2.24. The number of anilines is 5. The third-order valence-corrected chi connectivity index (χ3v) is 5.44. The van der Waals surface area contributed by atoms with Gasteiger partial charge in [0.1, 0.15) is 0 Å². The zero-order valence-corrected chi connectivity index (χ0v) is 17.1. The number of benzene rings is 2. The van der Waals surface area contributed by atoms with E-state index in [1.807, 2.05) is 30.3 Å². The number of nitrogens with zero attached hydrogens (tertiary/aromatic N) is 5. The van der Waals surface area contributed by atoms with Crippen LogP contribution in [0.15, 0.2) is 54.9 Å². The minimum absolute atomic E-state index is 0.102. The summed E-state index contributed by atoms with van der Waals surface area (Å²) in [5.74, 6) is -0.107. The van der Waals surface area contributed by atoms with Crippen molar-refractivity contribution in [1.82, 2.24) is 25.1 Å². The smallest absolute Gasteiger partial charge is 0.229 e. The van der Waals surface area contributed by atoms with Gasteiger partial charge < -0.3 is 20.4 Å². The molecule has 0 bridgehead atoms. The summed E-state index contributed by atoms with van der Waals surface area (Å²) in [7, 11) is 2.14. The highest BCUT2D eigenvalue weighted by atomic mass is 19.1. The van der Waals surface area contributed by atoms with Gasteiger partial charge in [0.15, 0.2) is 11.6 Å². The van der Waals surface area contributed by atoms with Crippen LogP contribution in [0.2, 0.25) is 0 Å². The first-order valence-corrected chi connectivity index (χ1v) is 10.2. The van der Waals surface area contributed by atoms with Crippen LogP contribution in [0, 0.1) is 5.82 Å². The Kier molecular flexibility index (Phi) is 5.09. The number of hydrogen-bond acceptors (Lipinski definition) is 7. The molecule has 0 saturated carbocycles. The van der Waals surface area contributed by atoms with Gasteiger partial charge in [-0.05, 0) is 49.5 Å². The lowest BCUT2D eigenvalue weighted by Gasteiger charge is -2.34. The SMILES string of the molecule is CN1CCN(c2ccc(Nc3ncc(F)c(Nc4ccc5cn[nH]c5c4)n3)cc2)CC1. The lowest BCUT2D eigenvalue weighted by atomic mass is 10.2. The molecule has 0 radical (unpaired) electrons. The average Bonchev–Trinajstić information content (AvgIpc) is 3.25. The van der Waals surface area contributed by atoms with Crippen molar-refractivity contribution in [2.24, 2.45) is 0 Å². The van der Waals surface area contributed by atoms with E-state index in [1.165, 1.54) is 5.69 Å². The Hall–Kier alpha value is -3.72. The summed E-state index contributed by atoms with van der Waals surface area (Å²) in [4.78, 5) is 13.1. The molecule has 9 heteroatoms. The van der Waals surface area contributed by atoms with Crippen molar-refractivity contribution in [3.05, 3.63) is 60.7 Å². The molecule has 0 spiro atoms. The molecule has 2 aromatic heterocycles. The quantitative estimate of drug-likeness (QED) is 0.455. The zero-order valence-electron chi connectivity index (χ0n) is 17.1. The number of halogens is 1. The molecule has 3 heterocycles. The van der Waals surface area contributed by atoms with Crippen molar-refractivity contribution < 1.29 is 4.39 Å². The van der Waals surface area contributed by atoms with Gasteiger partial charge in [0.05, 0.1) is 17.9 Å². The van der Waals surface area contributed by atoms with E-state index in [4.69, 9.17) is 0 Å². The van der Waals surface area contributed by atoms with Crippen LogP contribution in [0.3, 0.4) is 0 Å². The second-order valence-corrected chi connectivity index (χ2v) is 7.65. The van der Waals surface area contributed by atoms with Crippen LogP contribution in [0.1, 0.15) is 0 Å². The van der Waals surface area contributed by atoms with Crippen LogP contribution in [0.5, 0.6) is 0 Å². The van der Waals surface area contributed by atoms with Gasteiger partial charge in [0.25, 0.3) is 0 Å². The Labute approximate surface area is 179 Å². The predicted octanol–water partition coefficient (Wildman–Crippen LogP) is 3.73. The number of aromatic nitrogens is 4. The molecular weight excluding hydrogens is 395 g/mol. The number of nitrogens with one attached hydrogen (secondary N) is 3. The van der Waals surface area contributed by atoms with Crippen molar-refractivity contribution in [3.63, 3.8) is 0 Å².